The number of rotatable bonds is 9. The van der Waals surface area contributed by atoms with Crippen molar-refractivity contribution in [2.24, 2.45) is 17.6 Å². The molecule has 8 heteroatoms. The first-order valence-corrected chi connectivity index (χ1v) is 14.1. The van der Waals surface area contributed by atoms with Crippen molar-refractivity contribution in [3.63, 3.8) is 0 Å². The lowest BCUT2D eigenvalue weighted by atomic mass is 9.82. The van der Waals surface area contributed by atoms with E-state index in [1.54, 1.807) is 23.2 Å². The van der Waals surface area contributed by atoms with E-state index in [0.717, 1.165) is 50.8 Å². The predicted molar refractivity (Wildman–Crippen MR) is 142 cm³/mol. The molecule has 0 radical (unpaired) electrons. The maximum Gasteiger partial charge on any atom is 0.242 e. The van der Waals surface area contributed by atoms with Gasteiger partial charge in [0.05, 0.1) is 0 Å². The number of carbonyl (C=O) groups is 2. The Bertz CT molecular complexity index is 976. The highest BCUT2D eigenvalue weighted by atomic mass is 32.1. The van der Waals surface area contributed by atoms with Crippen LogP contribution in [0.2, 0.25) is 0 Å². The largest absolute Gasteiger partial charge is 0.354 e. The van der Waals surface area contributed by atoms with Crippen LogP contribution in [-0.2, 0) is 22.7 Å². The first-order chi connectivity index (χ1) is 17.4. The fraction of sp³-hybridized carbons (Fsp3) is 0.571. The lowest BCUT2D eigenvalue weighted by Crippen LogP contribution is -2.57. The summed E-state index contributed by atoms with van der Waals surface area (Å²) in [4.78, 5) is 31.2. The maximum atomic E-state index is 13.5. The van der Waals surface area contributed by atoms with Crippen LogP contribution in [0, 0.1) is 17.7 Å². The zero-order chi connectivity index (χ0) is 25.5. The minimum atomic E-state index is -0.472. The molecule has 3 N–H and O–H groups in total. The van der Waals surface area contributed by atoms with Crippen molar-refractivity contribution in [2.75, 3.05) is 19.6 Å². The molecule has 1 aliphatic carbocycles. The number of carbonyl (C=O) groups excluding carboxylic acids is 2. The van der Waals surface area contributed by atoms with Crippen LogP contribution in [0.3, 0.4) is 0 Å². The van der Waals surface area contributed by atoms with Crippen molar-refractivity contribution in [3.05, 3.63) is 58.0 Å². The van der Waals surface area contributed by atoms with E-state index in [2.05, 4.69) is 21.7 Å². The van der Waals surface area contributed by atoms with Crippen molar-refractivity contribution >= 4 is 23.2 Å². The Labute approximate surface area is 218 Å². The molecule has 6 nitrogen and oxygen atoms in total. The normalized spacial score (nSPS) is 24.6. The molecule has 0 spiro atoms. The summed E-state index contributed by atoms with van der Waals surface area (Å²) < 4.78 is 13.5. The number of hydrogen-bond acceptors (Lipinski definition) is 5. The monoisotopic (exact) mass is 514 g/mol. The van der Waals surface area contributed by atoms with Crippen LogP contribution < -0.4 is 11.1 Å². The third-order valence-corrected chi connectivity index (χ3v) is 8.76. The molecule has 1 unspecified atom stereocenters. The Hall–Kier alpha value is -2.29. The Kier molecular flexibility index (Phi) is 9.51. The molecule has 36 heavy (non-hydrogen) atoms. The number of halogens is 1. The molecule has 2 amide bonds. The molecular formula is C28H39FN4O2S. The number of likely N-dealkylation sites (tertiary alicyclic amines) is 1. The van der Waals surface area contributed by atoms with Crippen LogP contribution in [0.15, 0.2) is 41.8 Å². The van der Waals surface area contributed by atoms with Crippen LogP contribution in [0.1, 0.15) is 55.9 Å². The van der Waals surface area contributed by atoms with Crippen LogP contribution in [-0.4, -0.2) is 53.3 Å². The van der Waals surface area contributed by atoms with E-state index >= 15 is 0 Å². The van der Waals surface area contributed by atoms with Crippen LogP contribution >= 0.6 is 11.3 Å². The summed E-state index contributed by atoms with van der Waals surface area (Å²) in [6, 6.07) is 10.5. The van der Waals surface area contributed by atoms with Gasteiger partial charge in [0.2, 0.25) is 11.8 Å². The third kappa shape index (κ3) is 7.14. The Morgan fingerprint density at radius 3 is 2.44 bits per heavy atom. The van der Waals surface area contributed by atoms with E-state index in [9.17, 15) is 14.0 Å². The van der Waals surface area contributed by atoms with Gasteiger partial charge in [-0.25, -0.2) is 4.39 Å². The molecular weight excluding hydrogens is 475 g/mol. The highest BCUT2D eigenvalue weighted by Crippen LogP contribution is 2.29. The number of benzene rings is 1. The van der Waals surface area contributed by atoms with Crippen LogP contribution in [0.25, 0.3) is 0 Å². The number of nitrogens with two attached hydrogens (primary N) is 1. The summed E-state index contributed by atoms with van der Waals surface area (Å²) >= 11 is 1.71. The van der Waals surface area contributed by atoms with Gasteiger partial charge in [-0.3, -0.25) is 14.5 Å². The number of piperidine rings is 1. The summed E-state index contributed by atoms with van der Waals surface area (Å²) in [5.41, 5.74) is 6.86. The first kappa shape index (κ1) is 26.8. The molecule has 2 aliphatic rings. The number of hydrogen-bond donors (Lipinski definition) is 2. The maximum absolute atomic E-state index is 13.5. The van der Waals surface area contributed by atoms with Crippen molar-refractivity contribution in [2.45, 2.75) is 70.6 Å². The van der Waals surface area contributed by atoms with Gasteiger partial charge in [-0.1, -0.05) is 18.2 Å². The zero-order valence-electron chi connectivity index (χ0n) is 21.2. The van der Waals surface area contributed by atoms with Gasteiger partial charge in [-0.2, -0.15) is 0 Å². The molecule has 0 bridgehead atoms. The average molecular weight is 515 g/mol. The number of amides is 2. The standard InChI is InChI=1S/C28H39FN4O2S/c1-20(34)33-13-12-25(15-27(33)28(35)31-17-22-6-4-21(16-30)5-7-22)32(19-26-3-2-14-36-26)18-23-8-10-24(29)11-9-23/h2-3,8-11,14,21-22,25,27H,4-7,12-13,15-19,30H2,1H3,(H,31,35)/t21?,22?,25?,27-/m1/s1. The highest BCUT2D eigenvalue weighted by molar-refractivity contribution is 7.09. The lowest BCUT2D eigenvalue weighted by molar-refractivity contribution is -0.142. The summed E-state index contributed by atoms with van der Waals surface area (Å²) in [6.07, 6.45) is 5.85. The second kappa shape index (κ2) is 12.8. The van der Waals surface area contributed by atoms with Gasteiger partial charge in [0.15, 0.2) is 0 Å². The van der Waals surface area contributed by atoms with Gasteiger partial charge in [0, 0.05) is 44.0 Å². The number of nitrogens with zero attached hydrogens (tertiary/aromatic N) is 2. The summed E-state index contributed by atoms with van der Waals surface area (Å²) in [7, 11) is 0. The molecule has 1 aromatic carbocycles. The van der Waals surface area contributed by atoms with Gasteiger partial charge >= 0.3 is 0 Å². The molecule has 2 heterocycles. The van der Waals surface area contributed by atoms with Gasteiger partial charge < -0.3 is 16.0 Å². The second-order valence-electron chi connectivity index (χ2n) is 10.4. The SMILES string of the molecule is CC(=O)N1CCC(N(Cc2ccc(F)cc2)Cc2cccs2)C[C@@H]1C(=O)NCC1CCC(CN)CC1. The van der Waals surface area contributed by atoms with E-state index < -0.39 is 6.04 Å². The van der Waals surface area contributed by atoms with Crippen molar-refractivity contribution in [1.29, 1.82) is 0 Å². The lowest BCUT2D eigenvalue weighted by Gasteiger charge is -2.42. The van der Waals surface area contributed by atoms with Crippen molar-refractivity contribution < 1.29 is 14.0 Å². The molecule has 1 saturated heterocycles. The van der Waals surface area contributed by atoms with Crippen molar-refractivity contribution in [1.82, 2.24) is 15.1 Å². The summed E-state index contributed by atoms with van der Waals surface area (Å²) in [6.45, 7) is 4.95. The topological polar surface area (TPSA) is 78.7 Å². The van der Waals surface area contributed by atoms with Crippen LogP contribution in [0.4, 0.5) is 4.39 Å². The molecule has 1 saturated carbocycles. The van der Waals surface area contributed by atoms with E-state index in [1.807, 2.05) is 18.2 Å². The Morgan fingerprint density at radius 2 is 1.81 bits per heavy atom. The molecule has 1 aliphatic heterocycles. The Morgan fingerprint density at radius 1 is 1.08 bits per heavy atom. The number of nitrogens with one attached hydrogen (secondary N) is 1. The summed E-state index contributed by atoms with van der Waals surface area (Å²) in [5, 5.41) is 5.25. The van der Waals surface area contributed by atoms with Gasteiger partial charge in [0.1, 0.15) is 11.9 Å². The molecule has 4 rings (SSSR count). The van der Waals surface area contributed by atoms with Crippen molar-refractivity contribution in [3.8, 4) is 0 Å². The fourth-order valence-electron chi connectivity index (χ4n) is 5.68. The van der Waals surface area contributed by atoms with E-state index in [1.165, 1.54) is 17.0 Å². The number of thiophene rings is 1. The zero-order valence-corrected chi connectivity index (χ0v) is 22.0. The molecule has 1 aromatic heterocycles. The fourth-order valence-corrected chi connectivity index (χ4v) is 6.41. The van der Waals surface area contributed by atoms with Gasteiger partial charge in [-0.05, 0) is 86.0 Å². The Balaban J connectivity index is 1.43. The quantitative estimate of drug-likeness (QED) is 0.527. The highest BCUT2D eigenvalue weighted by Gasteiger charge is 2.37. The van der Waals surface area contributed by atoms with E-state index in [4.69, 9.17) is 5.73 Å². The van der Waals surface area contributed by atoms with E-state index in [0.29, 0.717) is 37.9 Å². The minimum Gasteiger partial charge on any atom is -0.354 e. The van der Waals surface area contributed by atoms with Gasteiger partial charge in [-0.15, -0.1) is 11.3 Å². The molecule has 2 fully saturated rings. The third-order valence-electron chi connectivity index (χ3n) is 7.90. The second-order valence-corrected chi connectivity index (χ2v) is 11.4. The minimum absolute atomic E-state index is 0.0475. The molecule has 2 aromatic rings. The average Bonchev–Trinajstić information content (AvgIpc) is 3.41. The summed E-state index contributed by atoms with van der Waals surface area (Å²) in [5.74, 6) is 0.746. The molecule has 196 valence electrons. The van der Waals surface area contributed by atoms with Crippen LogP contribution in [0.5, 0.6) is 0 Å². The van der Waals surface area contributed by atoms with Gasteiger partial charge in [0.25, 0.3) is 0 Å². The smallest absolute Gasteiger partial charge is 0.242 e. The predicted octanol–water partition coefficient (Wildman–Crippen LogP) is 4.15. The molecule has 2 atom stereocenters. The van der Waals surface area contributed by atoms with E-state index in [-0.39, 0.29) is 23.7 Å². The first-order valence-electron chi connectivity index (χ1n) is 13.2.